The molecule has 0 bridgehead atoms. The SMILES string of the molecule is CC(C)c1ccc(C(CN)C(O)C2CCCOC2)cc1. The molecular formula is C17H27NO2. The van der Waals surface area contributed by atoms with Crippen molar-refractivity contribution >= 4 is 0 Å². The molecule has 1 heterocycles. The molecule has 3 N–H and O–H groups in total. The number of hydrogen-bond acceptors (Lipinski definition) is 3. The Morgan fingerprint density at radius 1 is 1.25 bits per heavy atom. The van der Waals surface area contributed by atoms with Crippen molar-refractivity contribution in [2.75, 3.05) is 19.8 Å². The Morgan fingerprint density at radius 3 is 2.40 bits per heavy atom. The zero-order valence-corrected chi connectivity index (χ0v) is 12.6. The summed E-state index contributed by atoms with van der Waals surface area (Å²) in [6.45, 7) is 6.31. The van der Waals surface area contributed by atoms with Gasteiger partial charge in [-0.25, -0.2) is 0 Å². The molecule has 0 amide bonds. The Balaban J connectivity index is 2.09. The zero-order chi connectivity index (χ0) is 14.5. The lowest BCUT2D eigenvalue weighted by atomic mass is 9.83. The number of ether oxygens (including phenoxy) is 1. The number of benzene rings is 1. The predicted octanol–water partition coefficient (Wildman–Crippen LogP) is 2.64. The van der Waals surface area contributed by atoms with Crippen molar-refractivity contribution in [3.8, 4) is 0 Å². The molecule has 1 aliphatic heterocycles. The molecule has 3 unspecified atom stereocenters. The molecule has 3 heteroatoms. The van der Waals surface area contributed by atoms with Crippen LogP contribution in [0.15, 0.2) is 24.3 Å². The van der Waals surface area contributed by atoms with Gasteiger partial charge >= 0.3 is 0 Å². The minimum Gasteiger partial charge on any atom is -0.392 e. The summed E-state index contributed by atoms with van der Waals surface area (Å²) in [7, 11) is 0. The van der Waals surface area contributed by atoms with E-state index in [4.69, 9.17) is 10.5 Å². The van der Waals surface area contributed by atoms with Gasteiger partial charge in [0.2, 0.25) is 0 Å². The molecule has 0 saturated carbocycles. The fraction of sp³-hybridized carbons (Fsp3) is 0.647. The molecule has 3 nitrogen and oxygen atoms in total. The van der Waals surface area contributed by atoms with Gasteiger partial charge in [-0.1, -0.05) is 38.1 Å². The fourth-order valence-corrected chi connectivity index (χ4v) is 2.96. The first kappa shape index (κ1) is 15.5. The highest BCUT2D eigenvalue weighted by atomic mass is 16.5. The van der Waals surface area contributed by atoms with Crippen LogP contribution in [0.4, 0.5) is 0 Å². The van der Waals surface area contributed by atoms with E-state index in [1.807, 2.05) is 0 Å². The van der Waals surface area contributed by atoms with E-state index >= 15 is 0 Å². The minimum absolute atomic E-state index is 0.00270. The molecule has 2 rings (SSSR count). The highest BCUT2D eigenvalue weighted by molar-refractivity contribution is 5.28. The quantitative estimate of drug-likeness (QED) is 0.870. The van der Waals surface area contributed by atoms with Crippen LogP contribution < -0.4 is 5.73 Å². The molecule has 20 heavy (non-hydrogen) atoms. The van der Waals surface area contributed by atoms with Crippen LogP contribution >= 0.6 is 0 Å². The number of nitrogens with two attached hydrogens (primary N) is 1. The monoisotopic (exact) mass is 277 g/mol. The van der Waals surface area contributed by atoms with Gasteiger partial charge in [0.1, 0.15) is 0 Å². The third kappa shape index (κ3) is 3.60. The van der Waals surface area contributed by atoms with Gasteiger partial charge in [0.15, 0.2) is 0 Å². The maximum atomic E-state index is 10.6. The summed E-state index contributed by atoms with van der Waals surface area (Å²) in [6, 6.07) is 8.51. The first-order chi connectivity index (χ1) is 9.63. The van der Waals surface area contributed by atoms with Crippen LogP contribution in [0.5, 0.6) is 0 Å². The molecular weight excluding hydrogens is 250 g/mol. The second-order valence-corrected chi connectivity index (χ2v) is 6.13. The van der Waals surface area contributed by atoms with Crippen molar-refractivity contribution in [3.05, 3.63) is 35.4 Å². The Morgan fingerprint density at radius 2 is 1.90 bits per heavy atom. The molecule has 1 aromatic carbocycles. The standard InChI is InChI=1S/C17H27NO2/c1-12(2)13-5-7-14(8-6-13)16(10-18)17(19)15-4-3-9-20-11-15/h5-8,12,15-17,19H,3-4,9-11,18H2,1-2H3. The van der Waals surface area contributed by atoms with E-state index < -0.39 is 6.10 Å². The van der Waals surface area contributed by atoms with E-state index in [0.29, 0.717) is 19.1 Å². The van der Waals surface area contributed by atoms with Crippen molar-refractivity contribution in [1.82, 2.24) is 0 Å². The van der Waals surface area contributed by atoms with Gasteiger partial charge in [-0.05, 0) is 29.9 Å². The Labute approximate surface area is 122 Å². The Kier molecular flexibility index (Phi) is 5.58. The summed E-state index contributed by atoms with van der Waals surface area (Å²) in [5.74, 6) is 0.738. The van der Waals surface area contributed by atoms with Gasteiger partial charge in [-0.3, -0.25) is 0 Å². The smallest absolute Gasteiger partial charge is 0.0670 e. The van der Waals surface area contributed by atoms with E-state index in [0.717, 1.165) is 25.0 Å². The largest absolute Gasteiger partial charge is 0.392 e. The third-order valence-electron chi connectivity index (χ3n) is 4.38. The van der Waals surface area contributed by atoms with E-state index in [-0.39, 0.29) is 11.8 Å². The summed E-state index contributed by atoms with van der Waals surface area (Å²) >= 11 is 0. The number of aliphatic hydroxyl groups is 1. The topological polar surface area (TPSA) is 55.5 Å². The third-order valence-corrected chi connectivity index (χ3v) is 4.38. The van der Waals surface area contributed by atoms with Gasteiger partial charge in [0.05, 0.1) is 12.7 Å². The average molecular weight is 277 g/mol. The van der Waals surface area contributed by atoms with Gasteiger partial charge in [0, 0.05) is 25.0 Å². The summed E-state index contributed by atoms with van der Waals surface area (Å²) in [5.41, 5.74) is 8.36. The molecule has 3 atom stereocenters. The van der Waals surface area contributed by atoms with Crippen LogP contribution in [0.2, 0.25) is 0 Å². The second-order valence-electron chi connectivity index (χ2n) is 6.13. The second kappa shape index (κ2) is 7.21. The molecule has 1 aliphatic rings. The van der Waals surface area contributed by atoms with E-state index in [2.05, 4.69) is 38.1 Å². The average Bonchev–Trinajstić information content (AvgIpc) is 2.49. The number of rotatable bonds is 5. The lowest BCUT2D eigenvalue weighted by Crippen LogP contribution is -2.36. The first-order valence-corrected chi connectivity index (χ1v) is 7.69. The van der Waals surface area contributed by atoms with Crippen molar-refractivity contribution in [1.29, 1.82) is 0 Å². The number of hydrogen-bond donors (Lipinski definition) is 2. The van der Waals surface area contributed by atoms with Gasteiger partial charge in [0.25, 0.3) is 0 Å². The molecule has 112 valence electrons. The molecule has 0 aromatic heterocycles. The van der Waals surface area contributed by atoms with Gasteiger partial charge < -0.3 is 15.6 Å². The van der Waals surface area contributed by atoms with Crippen molar-refractivity contribution in [2.45, 2.75) is 44.6 Å². The van der Waals surface area contributed by atoms with E-state index in [1.54, 1.807) is 0 Å². The van der Waals surface area contributed by atoms with Crippen LogP contribution in [0.25, 0.3) is 0 Å². The van der Waals surface area contributed by atoms with E-state index in [9.17, 15) is 5.11 Å². The highest BCUT2D eigenvalue weighted by Gasteiger charge is 2.29. The van der Waals surface area contributed by atoms with Crippen molar-refractivity contribution in [3.63, 3.8) is 0 Å². The molecule has 1 saturated heterocycles. The van der Waals surface area contributed by atoms with Gasteiger partial charge in [-0.2, -0.15) is 0 Å². The van der Waals surface area contributed by atoms with Crippen molar-refractivity contribution < 1.29 is 9.84 Å². The molecule has 0 radical (unpaired) electrons. The highest BCUT2D eigenvalue weighted by Crippen LogP contribution is 2.29. The lowest BCUT2D eigenvalue weighted by molar-refractivity contribution is -0.0184. The molecule has 1 aromatic rings. The van der Waals surface area contributed by atoms with Crippen LogP contribution in [0.1, 0.15) is 49.7 Å². The van der Waals surface area contributed by atoms with Crippen LogP contribution in [0, 0.1) is 5.92 Å². The molecule has 0 aliphatic carbocycles. The predicted molar refractivity (Wildman–Crippen MR) is 81.9 cm³/mol. The summed E-state index contributed by atoms with van der Waals surface area (Å²) < 4.78 is 5.48. The Hall–Kier alpha value is -0.900. The van der Waals surface area contributed by atoms with E-state index in [1.165, 1.54) is 5.56 Å². The minimum atomic E-state index is -0.412. The molecule has 0 spiro atoms. The van der Waals surface area contributed by atoms with Crippen molar-refractivity contribution in [2.24, 2.45) is 11.7 Å². The summed E-state index contributed by atoms with van der Waals surface area (Å²) in [6.07, 6.45) is 1.65. The summed E-state index contributed by atoms with van der Waals surface area (Å²) in [4.78, 5) is 0. The van der Waals surface area contributed by atoms with Crippen LogP contribution in [-0.2, 0) is 4.74 Å². The van der Waals surface area contributed by atoms with Crippen LogP contribution in [0.3, 0.4) is 0 Å². The number of aliphatic hydroxyl groups excluding tert-OH is 1. The van der Waals surface area contributed by atoms with Crippen LogP contribution in [-0.4, -0.2) is 31.0 Å². The maximum Gasteiger partial charge on any atom is 0.0670 e. The summed E-state index contributed by atoms with van der Waals surface area (Å²) in [5, 5.41) is 10.6. The Bertz CT molecular complexity index is 396. The first-order valence-electron chi connectivity index (χ1n) is 7.69. The lowest BCUT2D eigenvalue weighted by Gasteiger charge is -2.32. The maximum absolute atomic E-state index is 10.6. The van der Waals surface area contributed by atoms with Gasteiger partial charge in [-0.15, -0.1) is 0 Å². The molecule has 1 fully saturated rings. The fourth-order valence-electron chi connectivity index (χ4n) is 2.96. The normalized spacial score (nSPS) is 22.8. The zero-order valence-electron chi connectivity index (χ0n) is 12.6.